The molecule has 8 nitrogen and oxygen atoms in total. The van der Waals surface area contributed by atoms with Gasteiger partial charge in [0, 0.05) is 18.1 Å². The molecule has 204 valence electrons. The van der Waals surface area contributed by atoms with Gasteiger partial charge in [-0.05, 0) is 68.0 Å². The number of allylic oxidation sites excluding steroid dienone is 2. The molecule has 0 saturated carbocycles. The van der Waals surface area contributed by atoms with Gasteiger partial charge in [-0.1, -0.05) is 48.2 Å². The zero-order chi connectivity index (χ0) is 27.8. The van der Waals surface area contributed by atoms with Crippen LogP contribution in [0, 0.1) is 27.9 Å². The molecule has 0 unspecified atom stereocenters. The minimum Gasteiger partial charge on any atom is -0.508 e. The van der Waals surface area contributed by atoms with Gasteiger partial charge < -0.3 is 9.84 Å². The number of hydrogen-bond acceptors (Lipinski definition) is 6. The third-order valence-corrected chi connectivity index (χ3v) is 8.37. The highest BCUT2D eigenvalue weighted by Crippen LogP contribution is 2.51. The van der Waals surface area contributed by atoms with Gasteiger partial charge >= 0.3 is 0 Å². The van der Waals surface area contributed by atoms with Gasteiger partial charge in [0.1, 0.15) is 5.75 Å². The lowest BCUT2D eigenvalue weighted by Crippen LogP contribution is -2.34. The molecule has 0 bridgehead atoms. The Morgan fingerprint density at radius 1 is 1.21 bits per heavy atom. The van der Waals surface area contributed by atoms with Crippen molar-refractivity contribution in [3.05, 3.63) is 79.9 Å². The Morgan fingerprint density at radius 3 is 2.72 bits per heavy atom. The van der Waals surface area contributed by atoms with Crippen molar-refractivity contribution < 1.29 is 24.4 Å². The maximum absolute atomic E-state index is 13.7. The smallest absolute Gasteiger partial charge is 0.271 e. The van der Waals surface area contributed by atoms with Crippen LogP contribution in [0.4, 0.5) is 11.4 Å². The molecule has 2 aromatic rings. The third kappa shape index (κ3) is 5.11. The third-order valence-electron chi connectivity index (χ3n) is 8.05. The number of phenols is 1. The highest BCUT2D eigenvalue weighted by atomic mass is 35.5. The number of aromatic hydroxyl groups is 1. The first-order valence-electron chi connectivity index (χ1n) is 13.3. The van der Waals surface area contributed by atoms with E-state index in [-0.39, 0.29) is 41.0 Å². The van der Waals surface area contributed by atoms with Crippen LogP contribution in [-0.2, 0) is 14.3 Å². The molecule has 1 aliphatic carbocycles. The minimum absolute atomic E-state index is 0.121. The number of hydrogen-bond donors (Lipinski definition) is 1. The van der Waals surface area contributed by atoms with Crippen LogP contribution in [0.15, 0.2) is 59.2 Å². The Labute approximate surface area is 232 Å². The molecule has 4 atom stereocenters. The Kier molecular flexibility index (Phi) is 7.60. The molecule has 2 amide bonds. The minimum atomic E-state index is -0.526. The quantitative estimate of drug-likeness (QED) is 0.175. The lowest BCUT2D eigenvalue weighted by atomic mass is 9.68. The van der Waals surface area contributed by atoms with E-state index < -0.39 is 16.8 Å². The van der Waals surface area contributed by atoms with Gasteiger partial charge in [-0.3, -0.25) is 19.7 Å². The van der Waals surface area contributed by atoms with Crippen molar-refractivity contribution in [1.82, 2.24) is 0 Å². The number of ether oxygens (including phenoxy) is 1. The lowest BCUT2D eigenvalue weighted by molar-refractivity contribution is -0.384. The number of non-ortho nitro benzene ring substituents is 1. The van der Waals surface area contributed by atoms with Gasteiger partial charge in [-0.2, -0.15) is 0 Å². The Morgan fingerprint density at radius 2 is 2.00 bits per heavy atom. The van der Waals surface area contributed by atoms with Crippen molar-refractivity contribution in [2.45, 2.75) is 52.1 Å². The molecule has 39 heavy (non-hydrogen) atoms. The number of nitrogens with zero attached hydrogens (tertiary/aromatic N) is 2. The summed E-state index contributed by atoms with van der Waals surface area (Å²) in [4.78, 5) is 39.1. The summed E-state index contributed by atoms with van der Waals surface area (Å²) in [7, 11) is 0. The number of benzene rings is 2. The van der Waals surface area contributed by atoms with Crippen molar-refractivity contribution in [1.29, 1.82) is 0 Å². The highest BCUT2D eigenvalue weighted by Gasteiger charge is 2.57. The number of amides is 2. The van der Waals surface area contributed by atoms with Crippen molar-refractivity contribution in [3.63, 3.8) is 0 Å². The van der Waals surface area contributed by atoms with Crippen molar-refractivity contribution in [2.75, 3.05) is 11.5 Å². The van der Waals surface area contributed by atoms with Crippen LogP contribution in [-0.4, -0.2) is 34.6 Å². The summed E-state index contributed by atoms with van der Waals surface area (Å²) >= 11 is 6.27. The number of carbonyl (C=O) groups excluding carboxylic acids is 2. The molecule has 2 aliphatic heterocycles. The fourth-order valence-corrected chi connectivity index (χ4v) is 6.57. The fourth-order valence-electron chi connectivity index (χ4n) is 6.34. The molecule has 2 aromatic carbocycles. The Bertz CT molecular complexity index is 1400. The summed E-state index contributed by atoms with van der Waals surface area (Å²) in [6, 6.07) is 10.6. The summed E-state index contributed by atoms with van der Waals surface area (Å²) in [5, 5.41) is 21.4. The standard InChI is InChI=1S/C30H31ClN2O6/c1-3-5-19-13-23-28(30(36)32(29(23)35)20-6-4-7-21(14-20)33(37)38)24-16-39-26(27(19)24)11-8-17(2)12-18-9-10-22(34)15-25(18)31/h4,6-7,9-10,12,14-15,23-24,26,28,34H,3,5,8,11,13,16H2,1-2H3/b17-12+/t23-,24+,26-,28-/m1/s1. The van der Waals surface area contributed by atoms with Gasteiger partial charge in [0.15, 0.2) is 0 Å². The second-order valence-electron chi connectivity index (χ2n) is 10.6. The normalized spacial score (nSPS) is 24.8. The second kappa shape index (κ2) is 10.9. The van der Waals surface area contributed by atoms with E-state index >= 15 is 0 Å². The van der Waals surface area contributed by atoms with Gasteiger partial charge in [-0.15, -0.1) is 0 Å². The zero-order valence-electron chi connectivity index (χ0n) is 21.9. The zero-order valence-corrected chi connectivity index (χ0v) is 22.7. The molecule has 0 aromatic heterocycles. The molecule has 0 spiro atoms. The van der Waals surface area contributed by atoms with Crippen LogP contribution >= 0.6 is 11.6 Å². The predicted octanol–water partition coefficient (Wildman–Crippen LogP) is 6.46. The lowest BCUT2D eigenvalue weighted by Gasteiger charge is -2.31. The van der Waals surface area contributed by atoms with E-state index in [1.165, 1.54) is 29.8 Å². The largest absolute Gasteiger partial charge is 0.508 e. The van der Waals surface area contributed by atoms with E-state index in [0.717, 1.165) is 47.3 Å². The molecule has 0 radical (unpaired) electrons. The summed E-state index contributed by atoms with van der Waals surface area (Å²) in [6.07, 6.45) is 5.64. The van der Waals surface area contributed by atoms with Gasteiger partial charge in [0.25, 0.3) is 5.69 Å². The summed E-state index contributed by atoms with van der Waals surface area (Å²) < 4.78 is 6.28. The first kappa shape index (κ1) is 27.1. The van der Waals surface area contributed by atoms with Crippen LogP contribution < -0.4 is 4.90 Å². The van der Waals surface area contributed by atoms with Crippen LogP contribution in [0.5, 0.6) is 5.75 Å². The van der Waals surface area contributed by atoms with E-state index in [4.69, 9.17) is 16.3 Å². The second-order valence-corrected chi connectivity index (χ2v) is 11.0. The molecular weight excluding hydrogens is 520 g/mol. The number of imide groups is 1. The topological polar surface area (TPSA) is 110 Å². The Balaban J connectivity index is 1.38. The maximum atomic E-state index is 13.7. The van der Waals surface area contributed by atoms with Crippen molar-refractivity contribution >= 4 is 40.9 Å². The monoisotopic (exact) mass is 550 g/mol. The average Bonchev–Trinajstić information content (AvgIpc) is 3.43. The van der Waals surface area contributed by atoms with Crippen molar-refractivity contribution in [2.24, 2.45) is 17.8 Å². The summed E-state index contributed by atoms with van der Waals surface area (Å²) in [6.45, 7) is 4.51. The van der Waals surface area contributed by atoms with E-state index in [9.17, 15) is 24.8 Å². The molecule has 2 heterocycles. The molecule has 9 heteroatoms. The van der Waals surface area contributed by atoms with Gasteiger partial charge in [-0.25, -0.2) is 4.90 Å². The SMILES string of the molecule is CCCC1=C2[C@@H](CC/C(C)=C/c3ccc(O)cc3Cl)OC[C@@H]2[C@@H]2C(=O)N(c3cccc([N+](=O)[O-])c3)C(=O)[C@@H]2C1. The van der Waals surface area contributed by atoms with Gasteiger partial charge in [0.05, 0.1) is 40.2 Å². The van der Waals surface area contributed by atoms with Crippen LogP contribution in [0.25, 0.3) is 6.08 Å². The summed E-state index contributed by atoms with van der Waals surface area (Å²) in [5.41, 5.74) is 4.41. The molecule has 3 aliphatic rings. The van der Waals surface area contributed by atoms with E-state index in [2.05, 4.69) is 6.92 Å². The molecular formula is C30H31ClN2O6. The average molecular weight is 551 g/mol. The maximum Gasteiger partial charge on any atom is 0.271 e. The molecule has 2 fully saturated rings. The number of phenolic OH excluding ortho intramolecular Hbond substituents is 1. The first-order valence-corrected chi connectivity index (χ1v) is 13.7. The van der Waals surface area contributed by atoms with Crippen LogP contribution in [0.2, 0.25) is 5.02 Å². The molecule has 5 rings (SSSR count). The molecule has 1 N–H and O–H groups in total. The number of fused-ring (bicyclic) bond motifs is 3. The summed E-state index contributed by atoms with van der Waals surface area (Å²) in [5.74, 6) is -1.64. The number of nitro benzene ring substituents is 1. The number of anilines is 1. The van der Waals surface area contributed by atoms with E-state index in [1.807, 2.05) is 13.0 Å². The first-order chi connectivity index (χ1) is 18.7. The predicted molar refractivity (Wildman–Crippen MR) is 148 cm³/mol. The van der Waals surface area contributed by atoms with Crippen LogP contribution in [0.3, 0.4) is 0 Å². The highest BCUT2D eigenvalue weighted by molar-refractivity contribution is 6.32. The van der Waals surface area contributed by atoms with E-state index in [1.54, 1.807) is 18.2 Å². The fraction of sp³-hybridized carbons (Fsp3) is 0.400. The van der Waals surface area contributed by atoms with Crippen molar-refractivity contribution in [3.8, 4) is 5.75 Å². The molecule has 2 saturated heterocycles. The Hall–Kier alpha value is -3.49. The number of nitro groups is 1. The van der Waals surface area contributed by atoms with Gasteiger partial charge in [0.2, 0.25) is 11.8 Å². The van der Waals surface area contributed by atoms with E-state index in [0.29, 0.717) is 18.1 Å². The van der Waals surface area contributed by atoms with Crippen LogP contribution in [0.1, 0.15) is 51.5 Å². The number of rotatable bonds is 8. The number of halogens is 1. The number of carbonyl (C=O) groups is 2.